The summed E-state index contributed by atoms with van der Waals surface area (Å²) in [4.78, 5) is 11.7. The van der Waals surface area contributed by atoms with Crippen molar-refractivity contribution in [2.24, 2.45) is 0 Å². The molecule has 2 nitrogen and oxygen atoms in total. The molecule has 0 bridgehead atoms. The smallest absolute Gasteiger partial charge is 0.170 e. The van der Waals surface area contributed by atoms with Crippen molar-refractivity contribution in [2.75, 3.05) is 6.61 Å². The molecule has 1 aliphatic heterocycles. The summed E-state index contributed by atoms with van der Waals surface area (Å²) in [7, 11) is 0. The number of benzene rings is 1. The second kappa shape index (κ2) is 4.05. The summed E-state index contributed by atoms with van der Waals surface area (Å²) in [5, 5.41) is 0. The van der Waals surface area contributed by atoms with Crippen LogP contribution in [0.3, 0.4) is 0 Å². The second-order valence-electron chi connectivity index (χ2n) is 4.09. The van der Waals surface area contributed by atoms with Crippen molar-refractivity contribution in [1.82, 2.24) is 0 Å². The number of ketones is 1. The van der Waals surface area contributed by atoms with E-state index in [9.17, 15) is 4.79 Å². The molecular formula is C13H16O2. The molecule has 1 atom stereocenters. The standard InChI is InChI=1S/C13H16O2/c1-3-9(2)10-4-5-13-11(8-10)12(14)6-7-15-13/h4-5,8-9H,3,6-7H2,1-2H3. The second-order valence-corrected chi connectivity index (χ2v) is 4.09. The summed E-state index contributed by atoms with van der Waals surface area (Å²) >= 11 is 0. The molecule has 0 aliphatic carbocycles. The number of hydrogen-bond donors (Lipinski definition) is 0. The third-order valence-electron chi connectivity index (χ3n) is 3.07. The van der Waals surface area contributed by atoms with Gasteiger partial charge < -0.3 is 4.74 Å². The highest BCUT2D eigenvalue weighted by atomic mass is 16.5. The van der Waals surface area contributed by atoms with Crippen LogP contribution in [0.15, 0.2) is 18.2 Å². The minimum absolute atomic E-state index is 0.210. The zero-order valence-corrected chi connectivity index (χ0v) is 9.25. The topological polar surface area (TPSA) is 26.3 Å². The number of carbonyl (C=O) groups excluding carboxylic acids is 1. The third kappa shape index (κ3) is 1.89. The fourth-order valence-electron chi connectivity index (χ4n) is 1.82. The van der Waals surface area contributed by atoms with Crippen molar-refractivity contribution in [1.29, 1.82) is 0 Å². The van der Waals surface area contributed by atoms with Gasteiger partial charge in [-0.1, -0.05) is 19.9 Å². The molecule has 15 heavy (non-hydrogen) atoms. The molecule has 1 heterocycles. The average Bonchev–Trinajstić information content (AvgIpc) is 2.28. The van der Waals surface area contributed by atoms with Crippen LogP contribution in [0.2, 0.25) is 0 Å². The molecule has 0 N–H and O–H groups in total. The summed E-state index contributed by atoms with van der Waals surface area (Å²) < 4.78 is 5.44. The monoisotopic (exact) mass is 204 g/mol. The lowest BCUT2D eigenvalue weighted by Crippen LogP contribution is -2.15. The highest BCUT2D eigenvalue weighted by molar-refractivity contribution is 5.99. The Morgan fingerprint density at radius 2 is 2.27 bits per heavy atom. The minimum atomic E-state index is 0.210. The zero-order valence-electron chi connectivity index (χ0n) is 9.25. The van der Waals surface area contributed by atoms with Crippen LogP contribution in [-0.4, -0.2) is 12.4 Å². The number of Topliss-reactive ketones (excluding diaryl/α,β-unsaturated/α-hetero) is 1. The van der Waals surface area contributed by atoms with Gasteiger partial charge in [0.15, 0.2) is 5.78 Å². The third-order valence-corrected chi connectivity index (χ3v) is 3.07. The van der Waals surface area contributed by atoms with Gasteiger partial charge in [0, 0.05) is 6.42 Å². The van der Waals surface area contributed by atoms with Crippen molar-refractivity contribution in [3.05, 3.63) is 29.3 Å². The molecule has 1 aromatic rings. The van der Waals surface area contributed by atoms with E-state index in [1.807, 2.05) is 12.1 Å². The van der Waals surface area contributed by atoms with Crippen LogP contribution in [0.4, 0.5) is 0 Å². The van der Waals surface area contributed by atoms with Gasteiger partial charge in [-0.25, -0.2) is 0 Å². The summed E-state index contributed by atoms with van der Waals surface area (Å²) in [6, 6.07) is 5.98. The number of rotatable bonds is 2. The number of fused-ring (bicyclic) bond motifs is 1. The molecule has 80 valence electrons. The average molecular weight is 204 g/mol. The number of hydrogen-bond acceptors (Lipinski definition) is 2. The van der Waals surface area contributed by atoms with Crippen molar-refractivity contribution >= 4 is 5.78 Å². The molecule has 0 fully saturated rings. The van der Waals surface area contributed by atoms with E-state index < -0.39 is 0 Å². The Labute approximate surface area is 90.3 Å². The predicted octanol–water partition coefficient (Wildman–Crippen LogP) is 3.17. The van der Waals surface area contributed by atoms with E-state index in [1.54, 1.807) is 0 Å². The highest BCUT2D eigenvalue weighted by Gasteiger charge is 2.19. The number of ether oxygens (including phenoxy) is 1. The molecule has 0 radical (unpaired) electrons. The van der Waals surface area contributed by atoms with Crippen LogP contribution in [0.1, 0.15) is 48.5 Å². The summed E-state index contributed by atoms with van der Waals surface area (Å²) in [5.74, 6) is 1.46. The Hall–Kier alpha value is -1.31. The Morgan fingerprint density at radius 1 is 1.47 bits per heavy atom. The number of carbonyl (C=O) groups is 1. The maximum atomic E-state index is 11.7. The van der Waals surface area contributed by atoms with E-state index >= 15 is 0 Å². The molecule has 2 heteroatoms. The fourth-order valence-corrected chi connectivity index (χ4v) is 1.82. The normalized spacial score (nSPS) is 16.8. The lowest BCUT2D eigenvalue weighted by molar-refractivity contribution is 0.0933. The van der Waals surface area contributed by atoms with Gasteiger partial charge in [-0.15, -0.1) is 0 Å². The van der Waals surface area contributed by atoms with Crippen molar-refractivity contribution in [2.45, 2.75) is 32.6 Å². The molecule has 2 rings (SSSR count). The van der Waals surface area contributed by atoms with Gasteiger partial charge in [0.05, 0.1) is 12.2 Å². The van der Waals surface area contributed by atoms with E-state index in [-0.39, 0.29) is 5.78 Å². The van der Waals surface area contributed by atoms with Gasteiger partial charge in [0.25, 0.3) is 0 Å². The lowest BCUT2D eigenvalue weighted by atomic mass is 9.94. The van der Waals surface area contributed by atoms with Crippen molar-refractivity contribution < 1.29 is 9.53 Å². The van der Waals surface area contributed by atoms with E-state index in [4.69, 9.17) is 4.74 Å². The molecule has 1 aromatic carbocycles. The Kier molecular flexibility index (Phi) is 2.76. The Balaban J connectivity index is 2.39. The first-order valence-electron chi connectivity index (χ1n) is 5.52. The van der Waals surface area contributed by atoms with Gasteiger partial charge in [-0.2, -0.15) is 0 Å². The summed E-state index contributed by atoms with van der Waals surface area (Å²) in [5.41, 5.74) is 1.99. The van der Waals surface area contributed by atoms with Crippen molar-refractivity contribution in [3.63, 3.8) is 0 Å². The lowest BCUT2D eigenvalue weighted by Gasteiger charge is -2.18. The van der Waals surface area contributed by atoms with Crippen LogP contribution in [0.5, 0.6) is 5.75 Å². The minimum Gasteiger partial charge on any atom is -0.492 e. The van der Waals surface area contributed by atoms with Crippen LogP contribution in [0.25, 0.3) is 0 Å². The highest BCUT2D eigenvalue weighted by Crippen LogP contribution is 2.29. The fraction of sp³-hybridized carbons (Fsp3) is 0.462. The first-order chi connectivity index (χ1) is 7.22. The van der Waals surface area contributed by atoms with Gasteiger partial charge in [-0.3, -0.25) is 4.79 Å². The molecule has 0 saturated carbocycles. The van der Waals surface area contributed by atoms with Gasteiger partial charge in [0.1, 0.15) is 5.75 Å². The van der Waals surface area contributed by atoms with E-state index in [1.165, 1.54) is 5.56 Å². The molecule has 1 unspecified atom stereocenters. The largest absolute Gasteiger partial charge is 0.492 e. The van der Waals surface area contributed by atoms with Crippen LogP contribution < -0.4 is 4.74 Å². The molecule has 1 aliphatic rings. The van der Waals surface area contributed by atoms with Gasteiger partial charge in [0.2, 0.25) is 0 Å². The van der Waals surface area contributed by atoms with Crippen LogP contribution in [0, 0.1) is 0 Å². The maximum absolute atomic E-state index is 11.7. The predicted molar refractivity (Wildman–Crippen MR) is 59.6 cm³/mol. The quantitative estimate of drug-likeness (QED) is 0.739. The molecule has 0 aromatic heterocycles. The van der Waals surface area contributed by atoms with Crippen molar-refractivity contribution in [3.8, 4) is 5.75 Å². The molecule has 0 saturated heterocycles. The first kappa shape index (κ1) is 10.2. The van der Waals surface area contributed by atoms with E-state index in [0.29, 0.717) is 18.9 Å². The van der Waals surface area contributed by atoms with E-state index in [0.717, 1.165) is 17.7 Å². The Morgan fingerprint density at radius 3 is 3.00 bits per heavy atom. The summed E-state index contributed by atoms with van der Waals surface area (Å²) in [6.07, 6.45) is 1.60. The van der Waals surface area contributed by atoms with Gasteiger partial charge in [-0.05, 0) is 30.0 Å². The summed E-state index contributed by atoms with van der Waals surface area (Å²) in [6.45, 7) is 4.85. The first-order valence-corrected chi connectivity index (χ1v) is 5.52. The molecular weight excluding hydrogens is 188 g/mol. The van der Waals surface area contributed by atoms with Gasteiger partial charge >= 0.3 is 0 Å². The zero-order chi connectivity index (χ0) is 10.8. The maximum Gasteiger partial charge on any atom is 0.170 e. The molecule has 0 spiro atoms. The SMILES string of the molecule is CCC(C)c1ccc2c(c1)C(=O)CCO2. The van der Waals surface area contributed by atoms with Crippen LogP contribution in [-0.2, 0) is 0 Å². The molecule has 0 amide bonds. The van der Waals surface area contributed by atoms with E-state index in [2.05, 4.69) is 19.9 Å². The Bertz CT molecular complexity index is 382. The van der Waals surface area contributed by atoms with Crippen LogP contribution >= 0.6 is 0 Å².